The minimum absolute atomic E-state index is 0.0955. The summed E-state index contributed by atoms with van der Waals surface area (Å²) in [6.07, 6.45) is 2.21. The van der Waals surface area contributed by atoms with E-state index in [9.17, 15) is 4.79 Å². The second-order valence-corrected chi connectivity index (χ2v) is 3.35. The van der Waals surface area contributed by atoms with Crippen molar-refractivity contribution in [1.29, 1.82) is 0 Å². The molecule has 1 aliphatic rings. The van der Waals surface area contributed by atoms with Gasteiger partial charge in [-0.3, -0.25) is 4.79 Å². The number of amides is 1. The van der Waals surface area contributed by atoms with E-state index in [0.717, 1.165) is 12.8 Å². The fourth-order valence-electron chi connectivity index (χ4n) is 1.41. The van der Waals surface area contributed by atoms with Crippen LogP contribution >= 0.6 is 0 Å². The zero-order valence-corrected chi connectivity index (χ0v) is 7.99. The van der Waals surface area contributed by atoms with E-state index >= 15 is 0 Å². The maximum atomic E-state index is 11.0. The minimum atomic E-state index is 0.0955. The molecule has 5 N–H and O–H groups in total. The van der Waals surface area contributed by atoms with Gasteiger partial charge in [-0.2, -0.15) is 0 Å². The average molecular weight is 200 g/mol. The fourth-order valence-corrected chi connectivity index (χ4v) is 1.41. The fraction of sp³-hybridized carbons (Fsp3) is 0.750. The van der Waals surface area contributed by atoms with Crippen LogP contribution in [0.2, 0.25) is 0 Å². The summed E-state index contributed by atoms with van der Waals surface area (Å²) in [5.74, 6) is 0.256. The molecule has 0 aromatic rings. The van der Waals surface area contributed by atoms with Crippen molar-refractivity contribution in [2.75, 3.05) is 13.1 Å². The predicted molar refractivity (Wildman–Crippen MR) is 52.1 cm³/mol. The second-order valence-electron chi connectivity index (χ2n) is 3.35. The number of hydrogen-bond acceptors (Lipinski definition) is 4. The zero-order valence-electron chi connectivity index (χ0n) is 7.99. The van der Waals surface area contributed by atoms with Gasteiger partial charge in [-0.15, -0.1) is 0 Å². The van der Waals surface area contributed by atoms with Crippen molar-refractivity contribution in [2.45, 2.75) is 25.3 Å². The number of carbonyl (C=O) groups excluding carboxylic acids is 1. The molecular formula is C8H16N4O2. The molecule has 14 heavy (non-hydrogen) atoms. The van der Waals surface area contributed by atoms with Gasteiger partial charge in [0.25, 0.3) is 0 Å². The Labute approximate surface area is 82.5 Å². The molecule has 1 unspecified atom stereocenters. The topological polar surface area (TPSA) is 99.7 Å². The lowest BCUT2D eigenvalue weighted by atomic mass is 10.1. The van der Waals surface area contributed by atoms with Gasteiger partial charge in [-0.1, -0.05) is 5.16 Å². The molecule has 0 saturated carbocycles. The van der Waals surface area contributed by atoms with E-state index in [1.165, 1.54) is 0 Å². The summed E-state index contributed by atoms with van der Waals surface area (Å²) in [6, 6.07) is 0.259. The van der Waals surface area contributed by atoms with Crippen LogP contribution in [0, 0.1) is 0 Å². The van der Waals surface area contributed by atoms with Crippen LogP contribution < -0.4 is 16.4 Å². The number of nitrogens with two attached hydrogens (primary N) is 1. The number of amidine groups is 1. The molecule has 1 aliphatic heterocycles. The van der Waals surface area contributed by atoms with Crippen molar-refractivity contribution in [3.63, 3.8) is 0 Å². The van der Waals surface area contributed by atoms with Crippen molar-refractivity contribution in [3.8, 4) is 0 Å². The highest BCUT2D eigenvalue weighted by Gasteiger charge is 2.15. The lowest BCUT2D eigenvalue weighted by Gasteiger charge is -2.14. The summed E-state index contributed by atoms with van der Waals surface area (Å²) in [6.45, 7) is 1.04. The molecule has 0 radical (unpaired) electrons. The molecule has 1 heterocycles. The van der Waals surface area contributed by atoms with Crippen LogP contribution in [0.5, 0.6) is 0 Å². The lowest BCUT2D eigenvalue weighted by Crippen LogP contribution is -2.37. The summed E-state index contributed by atoms with van der Waals surface area (Å²) < 4.78 is 0. The van der Waals surface area contributed by atoms with E-state index in [4.69, 9.17) is 10.9 Å². The Morgan fingerprint density at radius 3 is 3.21 bits per heavy atom. The summed E-state index contributed by atoms with van der Waals surface area (Å²) >= 11 is 0. The highest BCUT2D eigenvalue weighted by atomic mass is 16.4. The maximum Gasteiger partial charge on any atom is 0.220 e. The average Bonchev–Trinajstić information content (AvgIpc) is 2.39. The van der Waals surface area contributed by atoms with Crippen LogP contribution in [0.1, 0.15) is 19.3 Å². The molecule has 0 aliphatic carbocycles. The normalized spacial score (nSPS) is 24.1. The Morgan fingerprint density at radius 1 is 1.71 bits per heavy atom. The SMILES string of the molecule is N/C(CNC1CCNC(=O)CC1)=N\O. The highest BCUT2D eigenvalue weighted by Crippen LogP contribution is 2.05. The van der Waals surface area contributed by atoms with E-state index in [1.54, 1.807) is 0 Å². The van der Waals surface area contributed by atoms with E-state index < -0.39 is 0 Å². The van der Waals surface area contributed by atoms with Crippen molar-refractivity contribution < 1.29 is 10.0 Å². The van der Waals surface area contributed by atoms with Gasteiger partial charge >= 0.3 is 0 Å². The van der Waals surface area contributed by atoms with Crippen LogP contribution in [0.3, 0.4) is 0 Å². The van der Waals surface area contributed by atoms with Crippen LogP contribution in [-0.4, -0.2) is 36.1 Å². The van der Waals surface area contributed by atoms with Gasteiger partial charge in [0.15, 0.2) is 5.84 Å². The molecule has 1 rings (SSSR count). The minimum Gasteiger partial charge on any atom is -0.409 e. The van der Waals surface area contributed by atoms with Crippen molar-refractivity contribution in [1.82, 2.24) is 10.6 Å². The van der Waals surface area contributed by atoms with Crippen LogP contribution in [0.25, 0.3) is 0 Å². The Kier molecular flexibility index (Phi) is 4.18. The largest absolute Gasteiger partial charge is 0.409 e. The van der Waals surface area contributed by atoms with Gasteiger partial charge in [0.2, 0.25) is 5.91 Å². The first-order valence-corrected chi connectivity index (χ1v) is 4.69. The Bertz CT molecular complexity index is 229. The van der Waals surface area contributed by atoms with Gasteiger partial charge in [0.05, 0.1) is 6.54 Å². The number of nitrogens with one attached hydrogen (secondary N) is 2. The van der Waals surface area contributed by atoms with Gasteiger partial charge < -0.3 is 21.6 Å². The quantitative estimate of drug-likeness (QED) is 0.203. The molecule has 6 heteroatoms. The highest BCUT2D eigenvalue weighted by molar-refractivity contribution is 5.81. The number of rotatable bonds is 3. The molecule has 1 atom stereocenters. The smallest absolute Gasteiger partial charge is 0.220 e. The van der Waals surface area contributed by atoms with Crippen molar-refractivity contribution in [3.05, 3.63) is 0 Å². The first-order chi connectivity index (χ1) is 6.72. The lowest BCUT2D eigenvalue weighted by molar-refractivity contribution is -0.120. The van der Waals surface area contributed by atoms with Crippen LogP contribution in [0.15, 0.2) is 5.16 Å². The van der Waals surface area contributed by atoms with Gasteiger partial charge in [-0.25, -0.2) is 0 Å². The van der Waals surface area contributed by atoms with E-state index in [0.29, 0.717) is 19.5 Å². The molecule has 6 nitrogen and oxygen atoms in total. The molecule has 0 aromatic carbocycles. The molecule has 0 bridgehead atoms. The number of oxime groups is 1. The van der Waals surface area contributed by atoms with Crippen LogP contribution in [-0.2, 0) is 4.79 Å². The third-order valence-corrected chi connectivity index (χ3v) is 2.24. The summed E-state index contributed by atoms with van der Waals surface area (Å²) in [4.78, 5) is 11.0. The third kappa shape index (κ3) is 3.61. The third-order valence-electron chi connectivity index (χ3n) is 2.24. The van der Waals surface area contributed by atoms with E-state index in [-0.39, 0.29) is 17.8 Å². The Morgan fingerprint density at radius 2 is 2.50 bits per heavy atom. The summed E-state index contributed by atoms with van der Waals surface area (Å²) in [7, 11) is 0. The number of carbonyl (C=O) groups is 1. The van der Waals surface area contributed by atoms with Gasteiger partial charge in [0.1, 0.15) is 0 Å². The van der Waals surface area contributed by atoms with E-state index in [1.807, 2.05) is 0 Å². The monoisotopic (exact) mass is 200 g/mol. The maximum absolute atomic E-state index is 11.0. The molecular weight excluding hydrogens is 184 g/mol. The molecule has 0 aromatic heterocycles. The molecule has 0 spiro atoms. The molecule has 1 fully saturated rings. The predicted octanol–water partition coefficient (Wildman–Crippen LogP) is -1.01. The van der Waals surface area contributed by atoms with Crippen molar-refractivity contribution >= 4 is 11.7 Å². The number of hydrogen-bond donors (Lipinski definition) is 4. The summed E-state index contributed by atoms with van der Waals surface area (Å²) in [5.41, 5.74) is 5.31. The van der Waals surface area contributed by atoms with E-state index in [2.05, 4.69) is 15.8 Å². The van der Waals surface area contributed by atoms with Crippen molar-refractivity contribution in [2.24, 2.45) is 10.9 Å². The molecule has 80 valence electrons. The molecule has 1 saturated heterocycles. The Balaban J connectivity index is 2.27. The second kappa shape index (κ2) is 5.43. The van der Waals surface area contributed by atoms with Gasteiger partial charge in [0, 0.05) is 19.0 Å². The first-order valence-electron chi connectivity index (χ1n) is 4.69. The van der Waals surface area contributed by atoms with Gasteiger partial charge in [-0.05, 0) is 12.8 Å². The zero-order chi connectivity index (χ0) is 10.4. The van der Waals surface area contributed by atoms with Crippen LogP contribution in [0.4, 0.5) is 0 Å². The molecule has 1 amide bonds. The number of nitrogens with zero attached hydrogens (tertiary/aromatic N) is 1. The first kappa shape index (κ1) is 10.8. The summed E-state index contributed by atoms with van der Waals surface area (Å²) in [5, 5.41) is 17.1. The standard InChI is InChI=1S/C8H16N4O2/c9-7(12-14)5-11-6-1-2-8(13)10-4-3-6/h6,11,14H,1-5H2,(H2,9,12)(H,10,13). The Hall–Kier alpha value is -1.30.